The molecule has 14 heavy (non-hydrogen) atoms. The fraction of sp³-hybridized carbons (Fsp3) is 0.300. The van der Waals surface area contributed by atoms with Crippen LogP contribution in [0.15, 0.2) is 18.2 Å². The van der Waals surface area contributed by atoms with Crippen LogP contribution in [0.25, 0.3) is 0 Å². The van der Waals surface area contributed by atoms with Gasteiger partial charge in [0.1, 0.15) is 5.82 Å². The number of aromatic carboxylic acids is 1. The molecule has 0 aliphatic heterocycles. The van der Waals surface area contributed by atoms with Crippen LogP contribution in [0.2, 0.25) is 0 Å². The van der Waals surface area contributed by atoms with Gasteiger partial charge in [-0.15, -0.1) is 0 Å². The van der Waals surface area contributed by atoms with Crippen molar-refractivity contribution in [2.75, 3.05) is 5.32 Å². The van der Waals surface area contributed by atoms with E-state index in [-0.39, 0.29) is 11.6 Å². The quantitative estimate of drug-likeness (QED) is 0.781. The van der Waals surface area contributed by atoms with Crippen molar-refractivity contribution in [3.8, 4) is 0 Å². The number of benzene rings is 1. The van der Waals surface area contributed by atoms with Gasteiger partial charge in [-0.1, -0.05) is 0 Å². The first-order chi connectivity index (χ1) is 6.50. The Bertz CT molecular complexity index is 350. The van der Waals surface area contributed by atoms with E-state index in [2.05, 4.69) is 5.32 Å². The van der Waals surface area contributed by atoms with E-state index in [4.69, 9.17) is 5.11 Å². The third kappa shape index (κ3) is 2.45. The lowest BCUT2D eigenvalue weighted by atomic mass is 10.2. The lowest BCUT2D eigenvalue weighted by Crippen LogP contribution is -2.11. The van der Waals surface area contributed by atoms with E-state index in [1.165, 1.54) is 12.1 Å². The minimum absolute atomic E-state index is 0.0446. The van der Waals surface area contributed by atoms with Crippen LogP contribution in [0.3, 0.4) is 0 Å². The summed E-state index contributed by atoms with van der Waals surface area (Å²) in [6.45, 7) is 3.76. The fourth-order valence-corrected chi connectivity index (χ4v) is 1.08. The van der Waals surface area contributed by atoms with E-state index in [0.29, 0.717) is 5.69 Å². The Kier molecular flexibility index (Phi) is 3.06. The zero-order valence-corrected chi connectivity index (χ0v) is 8.04. The molecule has 76 valence electrons. The Balaban J connectivity index is 2.95. The summed E-state index contributed by atoms with van der Waals surface area (Å²) in [4.78, 5) is 10.5. The van der Waals surface area contributed by atoms with Gasteiger partial charge in [-0.2, -0.15) is 0 Å². The smallest absolute Gasteiger partial charge is 0.335 e. The Labute approximate surface area is 81.6 Å². The van der Waals surface area contributed by atoms with Crippen molar-refractivity contribution >= 4 is 11.7 Å². The predicted octanol–water partition coefficient (Wildman–Crippen LogP) is 2.34. The zero-order valence-electron chi connectivity index (χ0n) is 8.04. The summed E-state index contributed by atoms with van der Waals surface area (Å²) in [6.07, 6.45) is 0. The van der Waals surface area contributed by atoms with Crippen LogP contribution in [0.5, 0.6) is 0 Å². The summed E-state index contributed by atoms with van der Waals surface area (Å²) in [5.74, 6) is -1.67. The number of anilines is 1. The van der Waals surface area contributed by atoms with E-state index in [1.54, 1.807) is 0 Å². The number of nitrogens with one attached hydrogen (secondary N) is 1. The van der Waals surface area contributed by atoms with Gasteiger partial charge in [0.25, 0.3) is 0 Å². The van der Waals surface area contributed by atoms with Crippen LogP contribution in [0, 0.1) is 5.82 Å². The molecule has 0 amide bonds. The second-order valence-corrected chi connectivity index (χ2v) is 3.30. The minimum Gasteiger partial charge on any atom is -0.478 e. The minimum atomic E-state index is -1.13. The fourth-order valence-electron chi connectivity index (χ4n) is 1.08. The van der Waals surface area contributed by atoms with Crippen LogP contribution in [0.1, 0.15) is 24.2 Å². The van der Waals surface area contributed by atoms with Crippen LogP contribution in [0.4, 0.5) is 10.1 Å². The second-order valence-electron chi connectivity index (χ2n) is 3.30. The highest BCUT2D eigenvalue weighted by molar-refractivity contribution is 5.88. The van der Waals surface area contributed by atoms with Crippen LogP contribution in [-0.2, 0) is 0 Å². The standard InChI is InChI=1S/C10H12FNO2/c1-6(2)12-9-4-3-7(10(13)14)5-8(9)11/h3-6,12H,1-2H3,(H,13,14). The van der Waals surface area contributed by atoms with E-state index in [0.717, 1.165) is 6.07 Å². The highest BCUT2D eigenvalue weighted by Crippen LogP contribution is 2.16. The lowest BCUT2D eigenvalue weighted by molar-refractivity contribution is 0.0696. The molecule has 0 bridgehead atoms. The summed E-state index contributed by atoms with van der Waals surface area (Å²) >= 11 is 0. The van der Waals surface area contributed by atoms with Gasteiger partial charge in [-0.05, 0) is 32.0 Å². The molecule has 0 spiro atoms. The number of carboxylic acids is 1. The molecule has 2 N–H and O–H groups in total. The average Bonchev–Trinajstić information content (AvgIpc) is 2.07. The first kappa shape index (κ1) is 10.5. The predicted molar refractivity (Wildman–Crippen MR) is 52.1 cm³/mol. The summed E-state index contributed by atoms with van der Waals surface area (Å²) in [5.41, 5.74) is 0.279. The Hall–Kier alpha value is -1.58. The van der Waals surface area contributed by atoms with Crippen LogP contribution < -0.4 is 5.32 Å². The zero-order chi connectivity index (χ0) is 10.7. The maximum absolute atomic E-state index is 13.2. The van der Waals surface area contributed by atoms with E-state index in [1.807, 2.05) is 13.8 Å². The molecule has 0 aliphatic carbocycles. The number of halogens is 1. The van der Waals surface area contributed by atoms with E-state index >= 15 is 0 Å². The number of hydrogen-bond acceptors (Lipinski definition) is 2. The van der Waals surface area contributed by atoms with Crippen molar-refractivity contribution in [1.82, 2.24) is 0 Å². The highest BCUT2D eigenvalue weighted by Gasteiger charge is 2.08. The SMILES string of the molecule is CC(C)Nc1ccc(C(=O)O)cc1F. The summed E-state index contributed by atoms with van der Waals surface area (Å²) in [5, 5.41) is 11.5. The molecule has 1 rings (SSSR count). The first-order valence-electron chi connectivity index (χ1n) is 4.30. The number of carboxylic acid groups (broad SMARTS) is 1. The third-order valence-electron chi connectivity index (χ3n) is 1.66. The topological polar surface area (TPSA) is 49.3 Å². The van der Waals surface area contributed by atoms with Crippen LogP contribution in [-0.4, -0.2) is 17.1 Å². The van der Waals surface area contributed by atoms with Crippen molar-refractivity contribution in [2.24, 2.45) is 0 Å². The van der Waals surface area contributed by atoms with Crippen molar-refractivity contribution < 1.29 is 14.3 Å². The largest absolute Gasteiger partial charge is 0.478 e. The molecular formula is C10H12FNO2. The molecule has 0 fully saturated rings. The third-order valence-corrected chi connectivity index (χ3v) is 1.66. The van der Waals surface area contributed by atoms with Crippen molar-refractivity contribution in [3.63, 3.8) is 0 Å². The number of carbonyl (C=O) groups is 1. The molecule has 0 saturated carbocycles. The molecule has 1 aromatic rings. The number of hydrogen-bond donors (Lipinski definition) is 2. The molecule has 1 aromatic carbocycles. The van der Waals surface area contributed by atoms with Crippen molar-refractivity contribution in [2.45, 2.75) is 19.9 Å². The second kappa shape index (κ2) is 4.09. The molecule has 0 heterocycles. The molecule has 0 saturated heterocycles. The molecule has 0 aromatic heterocycles. The van der Waals surface area contributed by atoms with E-state index in [9.17, 15) is 9.18 Å². The monoisotopic (exact) mass is 197 g/mol. The highest BCUT2D eigenvalue weighted by atomic mass is 19.1. The maximum atomic E-state index is 13.2. The molecule has 3 nitrogen and oxygen atoms in total. The van der Waals surface area contributed by atoms with E-state index < -0.39 is 11.8 Å². The lowest BCUT2D eigenvalue weighted by Gasteiger charge is -2.10. The van der Waals surface area contributed by atoms with Gasteiger partial charge >= 0.3 is 5.97 Å². The van der Waals surface area contributed by atoms with Gasteiger partial charge in [0.2, 0.25) is 0 Å². The van der Waals surface area contributed by atoms with Gasteiger partial charge in [0, 0.05) is 6.04 Å². The van der Waals surface area contributed by atoms with Crippen LogP contribution >= 0.6 is 0 Å². The average molecular weight is 197 g/mol. The summed E-state index contributed by atoms with van der Waals surface area (Å²) < 4.78 is 13.2. The van der Waals surface area contributed by atoms with Gasteiger partial charge in [0.05, 0.1) is 11.3 Å². The van der Waals surface area contributed by atoms with Crippen molar-refractivity contribution in [3.05, 3.63) is 29.6 Å². The summed E-state index contributed by atoms with van der Waals surface area (Å²) in [6, 6.07) is 3.92. The normalized spacial score (nSPS) is 10.3. The molecular weight excluding hydrogens is 185 g/mol. The molecule has 4 heteroatoms. The Morgan fingerprint density at radius 1 is 1.50 bits per heavy atom. The van der Waals surface area contributed by atoms with Crippen molar-refractivity contribution in [1.29, 1.82) is 0 Å². The number of rotatable bonds is 3. The van der Waals surface area contributed by atoms with Gasteiger partial charge in [0.15, 0.2) is 0 Å². The molecule has 0 radical (unpaired) electrons. The van der Waals surface area contributed by atoms with Gasteiger partial charge in [-0.3, -0.25) is 0 Å². The molecule has 0 atom stereocenters. The Morgan fingerprint density at radius 2 is 2.14 bits per heavy atom. The summed E-state index contributed by atoms with van der Waals surface area (Å²) in [7, 11) is 0. The maximum Gasteiger partial charge on any atom is 0.335 e. The molecule has 0 unspecified atom stereocenters. The molecule has 0 aliphatic rings. The van der Waals surface area contributed by atoms with Gasteiger partial charge < -0.3 is 10.4 Å². The first-order valence-corrected chi connectivity index (χ1v) is 4.30. The van der Waals surface area contributed by atoms with Gasteiger partial charge in [-0.25, -0.2) is 9.18 Å². The Morgan fingerprint density at radius 3 is 2.57 bits per heavy atom.